The molecule has 6 heteroatoms. The molecular weight excluding hydrogens is 274 g/mol. The SMILES string of the molecule is Nc1cc(Cl)ccc1S(=O)(=O)CC1CCOCC1. The molecule has 0 unspecified atom stereocenters. The Kier molecular flexibility index (Phi) is 4.14. The van der Waals surface area contributed by atoms with Crippen LogP contribution in [0.5, 0.6) is 0 Å². The van der Waals surface area contributed by atoms with Crippen LogP contribution < -0.4 is 5.73 Å². The molecule has 0 aromatic heterocycles. The normalized spacial score (nSPS) is 17.8. The van der Waals surface area contributed by atoms with Crippen molar-refractivity contribution in [2.24, 2.45) is 5.92 Å². The third-order valence-electron chi connectivity index (χ3n) is 3.10. The van der Waals surface area contributed by atoms with E-state index in [2.05, 4.69) is 0 Å². The lowest BCUT2D eigenvalue weighted by atomic mass is 10.0. The van der Waals surface area contributed by atoms with Crippen LogP contribution in [0.1, 0.15) is 12.8 Å². The van der Waals surface area contributed by atoms with Gasteiger partial charge in [0.05, 0.1) is 16.3 Å². The predicted octanol–water partition coefficient (Wildman–Crippen LogP) is 2.12. The predicted molar refractivity (Wildman–Crippen MR) is 71.5 cm³/mol. The first-order chi connectivity index (χ1) is 8.49. The Morgan fingerprint density at radius 3 is 2.61 bits per heavy atom. The summed E-state index contributed by atoms with van der Waals surface area (Å²) < 4.78 is 29.8. The lowest BCUT2D eigenvalue weighted by Crippen LogP contribution is -2.24. The molecule has 1 aromatic rings. The zero-order valence-electron chi connectivity index (χ0n) is 9.93. The highest BCUT2D eigenvalue weighted by molar-refractivity contribution is 7.91. The van der Waals surface area contributed by atoms with Crippen molar-refractivity contribution >= 4 is 27.1 Å². The van der Waals surface area contributed by atoms with Crippen LogP contribution in [0.2, 0.25) is 5.02 Å². The minimum absolute atomic E-state index is 0.127. The average molecular weight is 290 g/mol. The van der Waals surface area contributed by atoms with Gasteiger partial charge in [-0.15, -0.1) is 0 Å². The van der Waals surface area contributed by atoms with Gasteiger partial charge in [0.15, 0.2) is 9.84 Å². The second-order valence-electron chi connectivity index (χ2n) is 4.52. The van der Waals surface area contributed by atoms with E-state index >= 15 is 0 Å². The van der Waals surface area contributed by atoms with E-state index < -0.39 is 9.84 Å². The minimum atomic E-state index is -3.35. The molecular formula is C12H16ClNO3S. The summed E-state index contributed by atoms with van der Waals surface area (Å²) in [5.74, 6) is 0.279. The maximum absolute atomic E-state index is 12.3. The number of sulfone groups is 1. The standard InChI is InChI=1S/C12H16ClNO3S/c13-10-1-2-12(11(14)7-10)18(15,16)8-9-3-5-17-6-4-9/h1-2,7,9H,3-6,8,14H2. The smallest absolute Gasteiger partial charge is 0.180 e. The summed E-state index contributed by atoms with van der Waals surface area (Å²) in [6.45, 7) is 1.27. The van der Waals surface area contributed by atoms with E-state index in [1.807, 2.05) is 0 Å². The van der Waals surface area contributed by atoms with Gasteiger partial charge in [-0.2, -0.15) is 0 Å². The van der Waals surface area contributed by atoms with Gasteiger partial charge in [0.2, 0.25) is 0 Å². The Morgan fingerprint density at radius 2 is 2.00 bits per heavy atom. The van der Waals surface area contributed by atoms with E-state index in [9.17, 15) is 8.42 Å². The summed E-state index contributed by atoms with van der Waals surface area (Å²) in [6.07, 6.45) is 1.57. The van der Waals surface area contributed by atoms with Gasteiger partial charge in [-0.25, -0.2) is 8.42 Å². The molecule has 18 heavy (non-hydrogen) atoms. The van der Waals surface area contributed by atoms with Crippen molar-refractivity contribution in [1.82, 2.24) is 0 Å². The fourth-order valence-corrected chi connectivity index (χ4v) is 4.12. The second-order valence-corrected chi connectivity index (χ2v) is 6.96. The Morgan fingerprint density at radius 1 is 1.33 bits per heavy atom. The van der Waals surface area contributed by atoms with Crippen LogP contribution in [0.15, 0.2) is 23.1 Å². The molecule has 2 rings (SSSR count). The van der Waals surface area contributed by atoms with Crippen molar-refractivity contribution in [3.8, 4) is 0 Å². The third kappa shape index (κ3) is 3.16. The molecule has 0 saturated carbocycles. The van der Waals surface area contributed by atoms with Crippen LogP contribution in [-0.4, -0.2) is 27.4 Å². The molecule has 0 spiro atoms. The number of nitrogen functional groups attached to an aromatic ring is 1. The van der Waals surface area contributed by atoms with E-state index in [0.717, 1.165) is 12.8 Å². The van der Waals surface area contributed by atoms with Gasteiger partial charge in [0.1, 0.15) is 0 Å². The largest absolute Gasteiger partial charge is 0.398 e. The van der Waals surface area contributed by atoms with Gasteiger partial charge in [0, 0.05) is 18.2 Å². The number of rotatable bonds is 3. The van der Waals surface area contributed by atoms with Crippen molar-refractivity contribution in [1.29, 1.82) is 0 Å². The molecule has 1 heterocycles. The van der Waals surface area contributed by atoms with Crippen molar-refractivity contribution in [2.45, 2.75) is 17.7 Å². The Bertz CT molecular complexity index is 524. The van der Waals surface area contributed by atoms with E-state index in [1.165, 1.54) is 12.1 Å². The zero-order chi connectivity index (χ0) is 13.2. The quantitative estimate of drug-likeness (QED) is 0.866. The molecule has 1 aliphatic rings. The summed E-state index contributed by atoms with van der Waals surface area (Å²) in [4.78, 5) is 0.179. The minimum Gasteiger partial charge on any atom is -0.398 e. The van der Waals surface area contributed by atoms with Gasteiger partial charge < -0.3 is 10.5 Å². The summed E-state index contributed by atoms with van der Waals surface area (Å²) >= 11 is 5.77. The zero-order valence-corrected chi connectivity index (χ0v) is 11.5. The fraction of sp³-hybridized carbons (Fsp3) is 0.500. The van der Waals surface area contributed by atoms with E-state index in [1.54, 1.807) is 6.07 Å². The van der Waals surface area contributed by atoms with Gasteiger partial charge in [-0.1, -0.05) is 11.6 Å². The van der Waals surface area contributed by atoms with Gasteiger partial charge >= 0.3 is 0 Å². The molecule has 1 saturated heterocycles. The van der Waals surface area contributed by atoms with Gasteiger partial charge in [0.25, 0.3) is 0 Å². The summed E-state index contributed by atoms with van der Waals surface area (Å²) in [7, 11) is -3.35. The molecule has 0 amide bonds. The number of ether oxygens (including phenoxy) is 1. The van der Waals surface area contributed by atoms with Crippen molar-refractivity contribution < 1.29 is 13.2 Å². The monoisotopic (exact) mass is 289 g/mol. The first-order valence-electron chi connectivity index (χ1n) is 5.84. The van der Waals surface area contributed by atoms with Crippen LogP contribution in [0.3, 0.4) is 0 Å². The van der Waals surface area contributed by atoms with Crippen LogP contribution in [0.4, 0.5) is 5.69 Å². The number of anilines is 1. The maximum Gasteiger partial charge on any atom is 0.180 e. The molecule has 0 radical (unpaired) electrons. The molecule has 0 atom stereocenters. The topological polar surface area (TPSA) is 69.4 Å². The average Bonchev–Trinajstić information content (AvgIpc) is 2.29. The Hall–Kier alpha value is -0.780. The number of halogens is 1. The molecule has 0 aliphatic carbocycles. The first-order valence-corrected chi connectivity index (χ1v) is 7.87. The number of nitrogens with two attached hydrogens (primary N) is 1. The highest BCUT2D eigenvalue weighted by atomic mass is 35.5. The van der Waals surface area contributed by atoms with E-state index in [-0.39, 0.29) is 22.3 Å². The van der Waals surface area contributed by atoms with E-state index in [4.69, 9.17) is 22.1 Å². The highest BCUT2D eigenvalue weighted by Gasteiger charge is 2.24. The maximum atomic E-state index is 12.3. The van der Waals surface area contributed by atoms with Crippen molar-refractivity contribution in [3.05, 3.63) is 23.2 Å². The molecule has 4 nitrogen and oxygen atoms in total. The van der Waals surface area contributed by atoms with Gasteiger partial charge in [-0.05, 0) is 37.0 Å². The molecule has 1 aromatic carbocycles. The lowest BCUT2D eigenvalue weighted by Gasteiger charge is -2.22. The Labute approximate surface area is 112 Å². The molecule has 2 N–H and O–H groups in total. The number of benzene rings is 1. The van der Waals surface area contributed by atoms with Crippen LogP contribution >= 0.6 is 11.6 Å². The number of hydrogen-bond donors (Lipinski definition) is 1. The summed E-state index contributed by atoms with van der Waals surface area (Å²) in [5, 5.41) is 0.442. The third-order valence-corrected chi connectivity index (χ3v) is 5.29. The summed E-state index contributed by atoms with van der Waals surface area (Å²) in [5.41, 5.74) is 5.94. The van der Waals surface area contributed by atoms with Crippen LogP contribution in [0, 0.1) is 5.92 Å². The second kappa shape index (κ2) is 5.47. The number of hydrogen-bond acceptors (Lipinski definition) is 4. The van der Waals surface area contributed by atoms with Crippen molar-refractivity contribution in [3.63, 3.8) is 0 Å². The molecule has 1 fully saturated rings. The van der Waals surface area contributed by atoms with Crippen molar-refractivity contribution in [2.75, 3.05) is 24.7 Å². The highest BCUT2D eigenvalue weighted by Crippen LogP contribution is 2.26. The van der Waals surface area contributed by atoms with Gasteiger partial charge in [-0.3, -0.25) is 0 Å². The molecule has 100 valence electrons. The summed E-state index contributed by atoms with van der Waals surface area (Å²) in [6, 6.07) is 4.50. The Balaban J connectivity index is 2.19. The van der Waals surface area contributed by atoms with Crippen LogP contribution in [-0.2, 0) is 14.6 Å². The molecule has 1 aliphatic heterocycles. The lowest BCUT2D eigenvalue weighted by molar-refractivity contribution is 0.0723. The fourth-order valence-electron chi connectivity index (χ4n) is 2.12. The molecule has 0 bridgehead atoms. The van der Waals surface area contributed by atoms with Crippen LogP contribution in [0.25, 0.3) is 0 Å². The first kappa shape index (κ1) is 13.6. The van der Waals surface area contributed by atoms with E-state index in [0.29, 0.717) is 18.2 Å².